The summed E-state index contributed by atoms with van der Waals surface area (Å²) in [5.41, 5.74) is 2.10. The topological polar surface area (TPSA) is 29.3 Å². The molecule has 1 atom stereocenters. The average Bonchev–Trinajstić information content (AvgIpc) is 2.98. The number of aryl methyl sites for hydroxylation is 1. The second-order valence-corrected chi connectivity index (χ2v) is 5.43. The van der Waals surface area contributed by atoms with Gasteiger partial charge in [0.05, 0.1) is 11.4 Å². The Morgan fingerprint density at radius 3 is 2.94 bits per heavy atom. The van der Waals surface area contributed by atoms with Crippen molar-refractivity contribution in [1.82, 2.24) is 9.88 Å². The Bertz CT molecular complexity index is 610. The summed E-state index contributed by atoms with van der Waals surface area (Å²) in [5.74, 6) is 0. The lowest BCUT2D eigenvalue weighted by Crippen LogP contribution is -2.23. The van der Waals surface area contributed by atoms with Gasteiger partial charge in [-0.3, -0.25) is 0 Å². The zero-order chi connectivity index (χ0) is 12.5. The molecule has 1 aliphatic rings. The maximum Gasteiger partial charge on any atom is 0.196 e. The van der Waals surface area contributed by atoms with Gasteiger partial charge in [-0.05, 0) is 41.3 Å². The highest BCUT2D eigenvalue weighted by atomic mass is 35.5. The summed E-state index contributed by atoms with van der Waals surface area (Å²) in [6.07, 6.45) is 4.12. The first-order chi connectivity index (χ1) is 8.74. The van der Waals surface area contributed by atoms with Gasteiger partial charge < -0.3 is 9.88 Å². The second-order valence-electron chi connectivity index (χ2n) is 4.09. The maximum absolute atomic E-state index is 6.09. The van der Waals surface area contributed by atoms with Crippen molar-refractivity contribution in [2.45, 2.75) is 6.04 Å². The zero-order valence-corrected chi connectivity index (χ0v) is 11.4. The molecule has 2 aromatic heterocycles. The van der Waals surface area contributed by atoms with Gasteiger partial charge in [-0.2, -0.15) is 0 Å². The van der Waals surface area contributed by atoms with E-state index in [4.69, 9.17) is 11.6 Å². The van der Waals surface area contributed by atoms with Crippen LogP contribution in [-0.2, 0) is 7.05 Å². The van der Waals surface area contributed by atoms with E-state index in [2.05, 4.69) is 38.5 Å². The van der Waals surface area contributed by atoms with Gasteiger partial charge in [0.15, 0.2) is 5.29 Å². The molecule has 1 unspecified atom stereocenters. The summed E-state index contributed by atoms with van der Waals surface area (Å²) in [6, 6.07) is 8.18. The predicted molar refractivity (Wildman–Crippen MR) is 76.9 cm³/mol. The minimum atomic E-state index is 0.00338. The van der Waals surface area contributed by atoms with Crippen LogP contribution in [0.3, 0.4) is 0 Å². The Hall–Kier alpha value is -1.52. The molecule has 1 N–H and O–H groups in total. The molecule has 0 fully saturated rings. The van der Waals surface area contributed by atoms with Gasteiger partial charge in [-0.1, -0.05) is 6.07 Å². The highest BCUT2D eigenvalue weighted by Gasteiger charge is 2.18. The molecule has 0 saturated heterocycles. The molecule has 0 aromatic carbocycles. The molecule has 18 heavy (non-hydrogen) atoms. The monoisotopic (exact) mass is 277 g/mol. The number of amidine groups is 1. The first kappa shape index (κ1) is 11.6. The molecule has 3 nitrogen and oxygen atoms in total. The van der Waals surface area contributed by atoms with Gasteiger partial charge >= 0.3 is 0 Å². The van der Waals surface area contributed by atoms with Gasteiger partial charge in [0, 0.05) is 18.1 Å². The van der Waals surface area contributed by atoms with Crippen LogP contribution in [0.15, 0.2) is 46.9 Å². The molecule has 0 spiro atoms. The number of hydrogen-bond acceptors (Lipinski definition) is 3. The quantitative estimate of drug-likeness (QED) is 0.838. The van der Waals surface area contributed by atoms with Crippen LogP contribution in [0, 0.1) is 0 Å². The largest absolute Gasteiger partial charge is 0.349 e. The Morgan fingerprint density at radius 2 is 2.28 bits per heavy atom. The third-order valence-electron chi connectivity index (χ3n) is 2.87. The molecule has 0 amide bonds. The van der Waals surface area contributed by atoms with Crippen LogP contribution in [0.2, 0.25) is 0 Å². The molecule has 3 heterocycles. The van der Waals surface area contributed by atoms with E-state index in [1.807, 2.05) is 25.4 Å². The van der Waals surface area contributed by atoms with Crippen molar-refractivity contribution < 1.29 is 0 Å². The van der Waals surface area contributed by atoms with Gasteiger partial charge in [0.25, 0.3) is 0 Å². The van der Waals surface area contributed by atoms with Crippen LogP contribution in [0.4, 0.5) is 0 Å². The molecule has 5 heteroatoms. The number of thiophene rings is 1. The van der Waals surface area contributed by atoms with Crippen LogP contribution in [0.25, 0.3) is 5.70 Å². The Balaban J connectivity index is 1.99. The summed E-state index contributed by atoms with van der Waals surface area (Å²) in [5, 5.41) is 5.60. The number of nitrogens with one attached hydrogen (secondary N) is 1. The van der Waals surface area contributed by atoms with Crippen molar-refractivity contribution in [1.29, 1.82) is 0 Å². The smallest absolute Gasteiger partial charge is 0.196 e. The van der Waals surface area contributed by atoms with E-state index in [0.29, 0.717) is 5.29 Å². The van der Waals surface area contributed by atoms with Crippen LogP contribution >= 0.6 is 22.9 Å². The fraction of sp³-hybridized carbons (Fsp3) is 0.154. The van der Waals surface area contributed by atoms with Gasteiger partial charge in [-0.15, -0.1) is 11.3 Å². The molecule has 2 aromatic rings. The van der Waals surface area contributed by atoms with Crippen LogP contribution < -0.4 is 5.32 Å². The van der Waals surface area contributed by atoms with Gasteiger partial charge in [-0.25, -0.2) is 4.99 Å². The van der Waals surface area contributed by atoms with E-state index < -0.39 is 0 Å². The number of aliphatic imine (C=N–C) groups is 1. The van der Waals surface area contributed by atoms with Crippen molar-refractivity contribution in [3.8, 4) is 0 Å². The van der Waals surface area contributed by atoms with E-state index in [1.54, 1.807) is 11.3 Å². The Labute approximate surface area is 114 Å². The fourth-order valence-corrected chi connectivity index (χ4v) is 2.94. The van der Waals surface area contributed by atoms with Crippen LogP contribution in [-0.4, -0.2) is 9.86 Å². The van der Waals surface area contributed by atoms with Gasteiger partial charge in [0.1, 0.15) is 6.04 Å². The van der Waals surface area contributed by atoms with Crippen LogP contribution in [0.1, 0.15) is 16.6 Å². The molecule has 1 aliphatic heterocycles. The van der Waals surface area contributed by atoms with Crippen molar-refractivity contribution in [3.05, 3.63) is 52.5 Å². The first-order valence-corrected chi connectivity index (χ1v) is 6.87. The average molecular weight is 278 g/mol. The Kier molecular flexibility index (Phi) is 2.97. The minimum Gasteiger partial charge on any atom is -0.349 e. The van der Waals surface area contributed by atoms with E-state index in [-0.39, 0.29) is 6.04 Å². The number of aromatic nitrogens is 1. The van der Waals surface area contributed by atoms with Crippen molar-refractivity contribution in [3.63, 3.8) is 0 Å². The zero-order valence-electron chi connectivity index (χ0n) is 9.80. The highest BCUT2D eigenvalue weighted by Crippen LogP contribution is 2.29. The second kappa shape index (κ2) is 4.63. The number of nitrogens with zero attached hydrogens (tertiary/aromatic N) is 2. The molecular weight excluding hydrogens is 266 g/mol. The molecule has 0 saturated carbocycles. The van der Waals surface area contributed by atoms with Crippen molar-refractivity contribution in [2.75, 3.05) is 0 Å². The first-order valence-electron chi connectivity index (χ1n) is 5.61. The summed E-state index contributed by atoms with van der Waals surface area (Å²) in [6.45, 7) is 0. The van der Waals surface area contributed by atoms with Gasteiger partial charge in [0.2, 0.25) is 0 Å². The van der Waals surface area contributed by atoms with E-state index in [9.17, 15) is 0 Å². The fourth-order valence-electron chi connectivity index (χ4n) is 2.00. The number of rotatable bonds is 2. The SMILES string of the molecule is Cn1cccc1C1=CC(c2cccs2)N=C(Cl)N1. The summed E-state index contributed by atoms with van der Waals surface area (Å²) in [7, 11) is 2.01. The Morgan fingerprint density at radius 1 is 1.39 bits per heavy atom. The molecule has 0 aliphatic carbocycles. The standard InChI is InChI=1S/C13H12ClN3S/c1-17-6-2-4-11(17)9-8-10(16-13(14)15-9)12-5-3-7-18-12/h2-8,10H,1H3,(H,15,16). The van der Waals surface area contributed by atoms with E-state index in [0.717, 1.165) is 11.4 Å². The van der Waals surface area contributed by atoms with E-state index >= 15 is 0 Å². The molecule has 92 valence electrons. The normalized spacial score (nSPS) is 19.1. The lowest BCUT2D eigenvalue weighted by atomic mass is 10.1. The molecule has 3 rings (SSSR count). The highest BCUT2D eigenvalue weighted by molar-refractivity contribution is 7.10. The lowest BCUT2D eigenvalue weighted by molar-refractivity contribution is 0.871. The third kappa shape index (κ3) is 2.09. The minimum absolute atomic E-state index is 0.00338. The predicted octanol–water partition coefficient (Wildman–Crippen LogP) is 3.37. The molecule has 0 radical (unpaired) electrons. The molecular formula is C13H12ClN3S. The molecule has 0 bridgehead atoms. The maximum atomic E-state index is 6.09. The van der Waals surface area contributed by atoms with Crippen molar-refractivity contribution >= 4 is 33.9 Å². The third-order valence-corrected chi connectivity index (χ3v) is 4.00. The van der Waals surface area contributed by atoms with E-state index in [1.165, 1.54) is 4.88 Å². The number of hydrogen-bond donors (Lipinski definition) is 1. The van der Waals surface area contributed by atoms with Crippen LogP contribution in [0.5, 0.6) is 0 Å². The lowest BCUT2D eigenvalue weighted by Gasteiger charge is -2.19. The summed E-state index contributed by atoms with van der Waals surface area (Å²) >= 11 is 7.78. The number of halogens is 1. The summed E-state index contributed by atoms with van der Waals surface area (Å²) in [4.78, 5) is 5.61. The summed E-state index contributed by atoms with van der Waals surface area (Å²) < 4.78 is 2.06. The van der Waals surface area contributed by atoms with Crippen molar-refractivity contribution in [2.24, 2.45) is 12.0 Å².